The van der Waals surface area contributed by atoms with Crippen molar-refractivity contribution < 1.29 is 27.0 Å². The minimum atomic E-state index is -2.54. The van der Waals surface area contributed by atoms with Gasteiger partial charge in [0, 0.05) is 47.1 Å². The Morgan fingerprint density at radius 1 is 1.33 bits per heavy atom. The summed E-state index contributed by atoms with van der Waals surface area (Å²) in [6.45, 7) is 3.23. The number of hydrogen-bond acceptors (Lipinski definition) is 10. The molecule has 3 atom stereocenters. The zero-order chi connectivity index (χ0) is 30.7. The molecule has 224 valence electrons. The maximum atomic E-state index is 15.8. The van der Waals surface area contributed by atoms with Gasteiger partial charge in [0.25, 0.3) is 0 Å². The van der Waals surface area contributed by atoms with Crippen LogP contribution >= 0.6 is 0 Å². The van der Waals surface area contributed by atoms with E-state index in [-0.39, 0.29) is 47.3 Å². The molecule has 1 fully saturated rings. The number of methoxy groups -OCH3 is 1. The Balaban J connectivity index is 1.69. The molecule has 3 heterocycles. The van der Waals surface area contributed by atoms with Gasteiger partial charge in [0.2, 0.25) is 0 Å². The van der Waals surface area contributed by atoms with Crippen LogP contribution in [0.2, 0.25) is 0 Å². The van der Waals surface area contributed by atoms with Gasteiger partial charge in [0.15, 0.2) is 5.82 Å². The number of nitrogen functional groups attached to an aromatic ring is 1. The van der Waals surface area contributed by atoms with Crippen LogP contribution in [-0.2, 0) is 16.0 Å². The molecule has 0 bridgehead atoms. The number of nitrogens with one attached hydrogen (secondary N) is 1. The molecule has 14 heteroatoms. The van der Waals surface area contributed by atoms with Crippen LogP contribution in [0.4, 0.5) is 20.4 Å². The molecule has 1 aliphatic heterocycles. The minimum absolute atomic E-state index is 0.0706. The molecule has 11 nitrogen and oxygen atoms in total. The van der Waals surface area contributed by atoms with Crippen LogP contribution in [0.25, 0.3) is 33.4 Å². The van der Waals surface area contributed by atoms with Gasteiger partial charge in [-0.05, 0) is 37.1 Å². The number of nitrogens with zero attached hydrogens (tertiary/aromatic N) is 5. The number of morpholine rings is 1. The van der Waals surface area contributed by atoms with Crippen LogP contribution in [0.5, 0.6) is 5.75 Å². The van der Waals surface area contributed by atoms with Gasteiger partial charge in [-0.1, -0.05) is 18.2 Å². The number of alkyl halides is 1. The highest BCUT2D eigenvalue weighted by Gasteiger charge is 2.27. The van der Waals surface area contributed by atoms with Gasteiger partial charge in [-0.2, -0.15) is 5.26 Å². The van der Waals surface area contributed by atoms with Crippen LogP contribution in [0.3, 0.4) is 0 Å². The minimum Gasteiger partial charge on any atom is -0.760 e. The van der Waals surface area contributed by atoms with Crippen LogP contribution in [0.15, 0.2) is 42.6 Å². The molecule has 1 saturated heterocycles. The first-order valence-corrected chi connectivity index (χ1v) is 14.4. The van der Waals surface area contributed by atoms with Crippen molar-refractivity contribution in [1.29, 1.82) is 5.26 Å². The quantitative estimate of drug-likeness (QED) is 0.266. The van der Waals surface area contributed by atoms with Crippen molar-refractivity contribution in [3.05, 3.63) is 59.5 Å². The summed E-state index contributed by atoms with van der Waals surface area (Å²) in [6, 6.07) is 11.2. The van der Waals surface area contributed by atoms with Gasteiger partial charge in [0.1, 0.15) is 41.0 Å². The lowest BCUT2D eigenvalue weighted by Gasteiger charge is -2.35. The smallest absolute Gasteiger partial charge is 0.165 e. The van der Waals surface area contributed by atoms with E-state index >= 15 is 8.78 Å². The van der Waals surface area contributed by atoms with Crippen molar-refractivity contribution in [1.82, 2.24) is 19.7 Å². The van der Waals surface area contributed by atoms with Gasteiger partial charge in [-0.15, -0.1) is 0 Å². The fraction of sp³-hybridized carbons (Fsp3) is 0.310. The molecular formula is C29H28F2N7O4S-. The summed E-state index contributed by atoms with van der Waals surface area (Å²) < 4.78 is 65.8. The topological polar surface area (TPSA) is 162 Å². The van der Waals surface area contributed by atoms with Gasteiger partial charge in [0.05, 0.1) is 37.5 Å². The lowest BCUT2D eigenvalue weighted by molar-refractivity contribution is 0.0987. The number of rotatable bonds is 9. The van der Waals surface area contributed by atoms with Crippen LogP contribution in [0.1, 0.15) is 30.6 Å². The van der Waals surface area contributed by atoms with Crippen molar-refractivity contribution in [3.63, 3.8) is 0 Å². The number of nitriles is 1. The van der Waals surface area contributed by atoms with Crippen LogP contribution in [-0.4, -0.2) is 63.2 Å². The molecule has 4 aromatic rings. The number of pyridine rings is 1. The van der Waals surface area contributed by atoms with E-state index < -0.39 is 23.3 Å². The van der Waals surface area contributed by atoms with Gasteiger partial charge in [-0.3, -0.25) is 4.21 Å². The van der Waals surface area contributed by atoms with E-state index in [0.29, 0.717) is 53.4 Å². The summed E-state index contributed by atoms with van der Waals surface area (Å²) >= 11 is -2.54. The molecule has 2 aromatic heterocycles. The number of anilines is 2. The van der Waals surface area contributed by atoms with Gasteiger partial charge >= 0.3 is 0 Å². The second-order valence-electron chi connectivity index (χ2n) is 9.92. The van der Waals surface area contributed by atoms with E-state index in [1.807, 2.05) is 11.8 Å². The van der Waals surface area contributed by atoms with Gasteiger partial charge in [-0.25, -0.2) is 28.5 Å². The highest BCUT2D eigenvalue weighted by Crippen LogP contribution is 2.40. The predicted octanol–water partition coefficient (Wildman–Crippen LogP) is 3.97. The molecule has 2 aromatic carbocycles. The second kappa shape index (κ2) is 12.9. The van der Waals surface area contributed by atoms with E-state index in [1.165, 1.54) is 37.6 Å². The monoisotopic (exact) mass is 608 g/mol. The Labute approximate surface area is 249 Å². The molecule has 0 amide bonds. The van der Waals surface area contributed by atoms with Crippen LogP contribution < -0.4 is 20.1 Å². The average Bonchev–Trinajstić information content (AvgIpc) is 3.00. The molecule has 0 spiro atoms. The number of halogens is 2. The predicted molar refractivity (Wildman–Crippen MR) is 157 cm³/mol. The molecule has 5 rings (SSSR count). The standard InChI is InChI=1S/C29H29F2N7O4S/c1-16-15-42-9-8-38(16)29-21-10-17(19-4-3-5-20(26(19)31)23(30)6-7-35-43(39)40)11-24(41-2)27(21)36-28(37-29)22-14-34-25(33)12-18(22)13-32/h3-5,10-12,14,16,23,35H,6-9,15H2,1-2H3,(H2,33,34)(H,39,40)/p-1. The summed E-state index contributed by atoms with van der Waals surface area (Å²) in [5.41, 5.74) is 7.19. The third kappa shape index (κ3) is 6.25. The molecular weight excluding hydrogens is 580 g/mol. The molecule has 0 saturated carbocycles. The molecule has 0 radical (unpaired) electrons. The second-order valence-corrected chi connectivity index (χ2v) is 10.7. The molecule has 3 N–H and O–H groups in total. The van der Waals surface area contributed by atoms with E-state index in [9.17, 15) is 14.0 Å². The maximum absolute atomic E-state index is 15.8. The van der Waals surface area contributed by atoms with E-state index in [4.69, 9.17) is 25.2 Å². The summed E-state index contributed by atoms with van der Waals surface area (Å²) in [6.07, 6.45) is -0.534. The summed E-state index contributed by atoms with van der Waals surface area (Å²) in [7, 11) is 1.46. The first-order valence-electron chi connectivity index (χ1n) is 13.4. The number of aromatic nitrogens is 3. The largest absolute Gasteiger partial charge is 0.760 e. The van der Waals surface area contributed by atoms with Crippen molar-refractivity contribution in [3.8, 4) is 34.3 Å². The number of nitrogens with two attached hydrogens (primary N) is 1. The third-order valence-corrected chi connectivity index (χ3v) is 7.63. The Morgan fingerprint density at radius 3 is 2.86 bits per heavy atom. The Morgan fingerprint density at radius 2 is 2.14 bits per heavy atom. The van der Waals surface area contributed by atoms with Crippen molar-refractivity contribution >= 4 is 33.8 Å². The summed E-state index contributed by atoms with van der Waals surface area (Å²) in [5, 5.41) is 10.3. The fourth-order valence-electron chi connectivity index (χ4n) is 5.06. The molecule has 1 aliphatic rings. The normalized spacial score (nSPS) is 16.6. The Hall–Kier alpha value is -4.29. The molecule has 3 unspecified atom stereocenters. The molecule has 0 aliphatic carbocycles. The Bertz CT molecular complexity index is 1740. The molecule has 43 heavy (non-hydrogen) atoms. The Kier molecular flexibility index (Phi) is 9.07. The fourth-order valence-corrected chi connectivity index (χ4v) is 5.34. The maximum Gasteiger partial charge on any atom is 0.165 e. The van der Waals surface area contributed by atoms with E-state index in [0.717, 1.165) is 0 Å². The van der Waals surface area contributed by atoms with Crippen molar-refractivity contribution in [2.75, 3.05) is 44.0 Å². The highest BCUT2D eigenvalue weighted by molar-refractivity contribution is 7.77. The highest BCUT2D eigenvalue weighted by atomic mass is 32.2. The lowest BCUT2D eigenvalue weighted by Crippen LogP contribution is -2.44. The number of hydrogen-bond donors (Lipinski definition) is 2. The SMILES string of the molecule is COc1cc(-c2cccc(C(F)CCNS(=O)[O-])c2F)cc2c(N3CCOCC3C)nc(-c3cnc(N)cc3C#N)nc12. The van der Waals surface area contributed by atoms with Crippen molar-refractivity contribution in [2.45, 2.75) is 25.6 Å². The zero-order valence-corrected chi connectivity index (χ0v) is 24.2. The van der Waals surface area contributed by atoms with E-state index in [1.54, 1.807) is 12.1 Å². The van der Waals surface area contributed by atoms with Crippen molar-refractivity contribution in [2.24, 2.45) is 0 Å². The lowest BCUT2D eigenvalue weighted by atomic mass is 9.97. The zero-order valence-electron chi connectivity index (χ0n) is 23.3. The van der Waals surface area contributed by atoms with E-state index in [2.05, 4.69) is 15.8 Å². The first kappa shape index (κ1) is 30.2. The number of benzene rings is 2. The van der Waals surface area contributed by atoms with Gasteiger partial charge < -0.3 is 24.7 Å². The summed E-state index contributed by atoms with van der Waals surface area (Å²) in [4.78, 5) is 15.8. The first-order chi connectivity index (χ1) is 20.7. The number of fused-ring (bicyclic) bond motifs is 1. The summed E-state index contributed by atoms with van der Waals surface area (Å²) in [5.74, 6) is 0.474. The average molecular weight is 609 g/mol. The number of ether oxygens (including phenoxy) is 2. The van der Waals surface area contributed by atoms with Crippen LogP contribution in [0, 0.1) is 17.1 Å². The third-order valence-electron chi connectivity index (χ3n) is 7.19.